The van der Waals surface area contributed by atoms with Crippen LogP contribution in [0.5, 0.6) is 0 Å². The first kappa shape index (κ1) is 12.9. The number of nitrogens with zero attached hydrogens (tertiary/aromatic N) is 1. The first-order valence-electron chi connectivity index (χ1n) is 5.89. The molecule has 0 aliphatic carbocycles. The van der Waals surface area contributed by atoms with Crippen LogP contribution in [0.2, 0.25) is 0 Å². The molecule has 1 aliphatic heterocycles. The van der Waals surface area contributed by atoms with E-state index in [-0.39, 0.29) is 5.82 Å². The highest BCUT2D eigenvalue weighted by Crippen LogP contribution is 2.35. The van der Waals surface area contributed by atoms with E-state index in [1.54, 1.807) is 6.07 Å². The third-order valence-corrected chi connectivity index (χ3v) is 4.30. The second kappa shape index (κ2) is 5.38. The molecule has 0 bridgehead atoms. The molecule has 0 amide bonds. The summed E-state index contributed by atoms with van der Waals surface area (Å²) in [6, 6.07) is 5.90. The number of hydrogen-bond donors (Lipinski definition) is 1. The van der Waals surface area contributed by atoms with Gasteiger partial charge in [0.2, 0.25) is 0 Å². The van der Waals surface area contributed by atoms with Gasteiger partial charge in [-0.15, -0.1) is 11.8 Å². The molecule has 2 nitrogen and oxygen atoms in total. The van der Waals surface area contributed by atoms with Crippen molar-refractivity contribution in [2.45, 2.75) is 17.4 Å². The summed E-state index contributed by atoms with van der Waals surface area (Å²) in [6.45, 7) is 1.72. The maximum absolute atomic E-state index is 13.7. The SMILES string of the molecule is CSc1ccc(C2CC(CN)CN2C)cc1F. The number of hydrogen-bond acceptors (Lipinski definition) is 3. The molecule has 0 spiro atoms. The van der Waals surface area contributed by atoms with Crippen molar-refractivity contribution in [2.75, 3.05) is 26.4 Å². The molecule has 2 atom stereocenters. The summed E-state index contributed by atoms with van der Waals surface area (Å²) in [6.07, 6.45) is 2.93. The predicted molar refractivity (Wildman–Crippen MR) is 70.7 cm³/mol. The average Bonchev–Trinajstić information content (AvgIpc) is 2.70. The van der Waals surface area contributed by atoms with Crippen molar-refractivity contribution < 1.29 is 4.39 Å². The smallest absolute Gasteiger partial charge is 0.137 e. The summed E-state index contributed by atoms with van der Waals surface area (Å²) in [7, 11) is 2.08. The lowest BCUT2D eigenvalue weighted by atomic mass is 10.00. The van der Waals surface area contributed by atoms with E-state index < -0.39 is 0 Å². The monoisotopic (exact) mass is 254 g/mol. The van der Waals surface area contributed by atoms with Crippen LogP contribution in [0.15, 0.2) is 23.1 Å². The summed E-state index contributed by atoms with van der Waals surface area (Å²) in [5.74, 6) is 0.424. The second-order valence-corrected chi connectivity index (χ2v) is 5.53. The third-order valence-electron chi connectivity index (χ3n) is 3.53. The van der Waals surface area contributed by atoms with Crippen LogP contribution in [-0.4, -0.2) is 31.3 Å². The minimum atomic E-state index is -0.111. The molecule has 0 aromatic heterocycles. The van der Waals surface area contributed by atoms with Gasteiger partial charge in [0, 0.05) is 17.5 Å². The lowest BCUT2D eigenvalue weighted by Gasteiger charge is -2.20. The van der Waals surface area contributed by atoms with E-state index in [2.05, 4.69) is 11.9 Å². The molecule has 0 saturated carbocycles. The van der Waals surface area contributed by atoms with E-state index in [0.717, 1.165) is 18.5 Å². The molecule has 1 heterocycles. The summed E-state index contributed by atoms with van der Waals surface area (Å²) < 4.78 is 13.7. The molecular weight excluding hydrogens is 235 g/mol. The quantitative estimate of drug-likeness (QED) is 0.840. The molecule has 1 saturated heterocycles. The molecule has 94 valence electrons. The van der Waals surface area contributed by atoms with Gasteiger partial charge in [0.05, 0.1) is 0 Å². The highest BCUT2D eigenvalue weighted by atomic mass is 32.2. The fourth-order valence-electron chi connectivity index (χ4n) is 2.56. The molecule has 1 aromatic carbocycles. The van der Waals surface area contributed by atoms with E-state index in [1.165, 1.54) is 11.8 Å². The normalized spacial score (nSPS) is 25.4. The Hall–Kier alpha value is -0.580. The van der Waals surface area contributed by atoms with Crippen LogP contribution in [0.25, 0.3) is 0 Å². The highest BCUT2D eigenvalue weighted by molar-refractivity contribution is 7.98. The molecule has 17 heavy (non-hydrogen) atoms. The molecule has 2 unspecified atom stereocenters. The maximum atomic E-state index is 13.7. The van der Waals surface area contributed by atoms with Crippen molar-refractivity contribution in [3.05, 3.63) is 29.6 Å². The van der Waals surface area contributed by atoms with Crippen molar-refractivity contribution in [3.8, 4) is 0 Å². The van der Waals surface area contributed by atoms with Gasteiger partial charge in [-0.05, 0) is 49.9 Å². The minimum absolute atomic E-state index is 0.111. The fourth-order valence-corrected chi connectivity index (χ4v) is 3.01. The molecular formula is C13H19FN2S. The van der Waals surface area contributed by atoms with Crippen LogP contribution < -0.4 is 5.73 Å². The Kier molecular flexibility index (Phi) is 4.07. The Bertz CT molecular complexity index is 397. The van der Waals surface area contributed by atoms with Gasteiger partial charge in [-0.3, -0.25) is 4.90 Å². The topological polar surface area (TPSA) is 29.3 Å². The third kappa shape index (κ3) is 2.64. The number of thioether (sulfide) groups is 1. The number of halogens is 1. The van der Waals surface area contributed by atoms with Gasteiger partial charge < -0.3 is 5.73 Å². The van der Waals surface area contributed by atoms with Crippen LogP contribution in [0.1, 0.15) is 18.0 Å². The zero-order valence-electron chi connectivity index (χ0n) is 10.3. The Balaban J connectivity index is 2.20. The van der Waals surface area contributed by atoms with Gasteiger partial charge >= 0.3 is 0 Å². The van der Waals surface area contributed by atoms with E-state index in [1.807, 2.05) is 18.4 Å². The van der Waals surface area contributed by atoms with Gasteiger partial charge in [0.1, 0.15) is 5.82 Å². The predicted octanol–water partition coefficient (Wildman–Crippen LogP) is 2.50. The number of benzene rings is 1. The Morgan fingerprint density at radius 3 is 2.82 bits per heavy atom. The van der Waals surface area contributed by atoms with E-state index >= 15 is 0 Å². The average molecular weight is 254 g/mol. The number of likely N-dealkylation sites (tertiary alicyclic amines) is 1. The summed E-state index contributed by atoms with van der Waals surface area (Å²) in [5.41, 5.74) is 6.78. The number of nitrogens with two attached hydrogens (primary N) is 1. The van der Waals surface area contributed by atoms with Crippen molar-refractivity contribution in [1.82, 2.24) is 4.90 Å². The summed E-state index contributed by atoms with van der Waals surface area (Å²) in [5, 5.41) is 0. The standard InChI is InChI=1S/C13H19FN2S/c1-16-8-9(7-15)5-12(16)10-3-4-13(17-2)11(14)6-10/h3-4,6,9,12H,5,7-8,15H2,1-2H3. The Morgan fingerprint density at radius 1 is 1.53 bits per heavy atom. The number of rotatable bonds is 3. The van der Waals surface area contributed by atoms with Gasteiger partial charge in [0.25, 0.3) is 0 Å². The second-order valence-electron chi connectivity index (χ2n) is 4.69. The van der Waals surface area contributed by atoms with Crippen molar-refractivity contribution in [1.29, 1.82) is 0 Å². The first-order chi connectivity index (χ1) is 8.15. The zero-order valence-corrected chi connectivity index (χ0v) is 11.1. The van der Waals surface area contributed by atoms with Gasteiger partial charge in [-0.25, -0.2) is 4.39 Å². The maximum Gasteiger partial charge on any atom is 0.137 e. The molecule has 1 fully saturated rings. The Labute approximate surface area is 106 Å². The van der Waals surface area contributed by atoms with Gasteiger partial charge in [0.15, 0.2) is 0 Å². The van der Waals surface area contributed by atoms with Gasteiger partial charge in [-0.1, -0.05) is 6.07 Å². The highest BCUT2D eigenvalue weighted by Gasteiger charge is 2.29. The van der Waals surface area contributed by atoms with Crippen LogP contribution in [0.4, 0.5) is 4.39 Å². The minimum Gasteiger partial charge on any atom is -0.330 e. The lowest BCUT2D eigenvalue weighted by Crippen LogP contribution is -2.20. The largest absolute Gasteiger partial charge is 0.330 e. The van der Waals surface area contributed by atoms with Crippen molar-refractivity contribution >= 4 is 11.8 Å². The van der Waals surface area contributed by atoms with E-state index in [4.69, 9.17) is 5.73 Å². The first-order valence-corrected chi connectivity index (χ1v) is 7.12. The van der Waals surface area contributed by atoms with Crippen LogP contribution >= 0.6 is 11.8 Å². The molecule has 4 heteroatoms. The molecule has 1 aromatic rings. The molecule has 2 N–H and O–H groups in total. The van der Waals surface area contributed by atoms with Crippen molar-refractivity contribution in [2.24, 2.45) is 11.7 Å². The van der Waals surface area contributed by atoms with E-state index in [9.17, 15) is 4.39 Å². The van der Waals surface area contributed by atoms with Crippen molar-refractivity contribution in [3.63, 3.8) is 0 Å². The van der Waals surface area contributed by atoms with Crippen LogP contribution in [-0.2, 0) is 0 Å². The van der Waals surface area contributed by atoms with Crippen LogP contribution in [0.3, 0.4) is 0 Å². The van der Waals surface area contributed by atoms with E-state index in [0.29, 0.717) is 23.4 Å². The summed E-state index contributed by atoms with van der Waals surface area (Å²) >= 11 is 1.44. The molecule has 1 aliphatic rings. The van der Waals surface area contributed by atoms with Crippen LogP contribution in [0, 0.1) is 11.7 Å². The Morgan fingerprint density at radius 2 is 2.29 bits per heavy atom. The lowest BCUT2D eigenvalue weighted by molar-refractivity contribution is 0.313. The molecule has 2 rings (SSSR count). The summed E-state index contributed by atoms with van der Waals surface area (Å²) in [4.78, 5) is 2.98. The zero-order chi connectivity index (χ0) is 12.4. The fraction of sp³-hybridized carbons (Fsp3) is 0.538. The molecule has 0 radical (unpaired) electrons. The van der Waals surface area contributed by atoms with Gasteiger partial charge in [-0.2, -0.15) is 0 Å².